The fourth-order valence-corrected chi connectivity index (χ4v) is 3.27. The van der Waals surface area contributed by atoms with E-state index in [4.69, 9.17) is 10.3 Å². The van der Waals surface area contributed by atoms with Crippen molar-refractivity contribution in [3.63, 3.8) is 0 Å². The lowest BCUT2D eigenvalue weighted by Crippen LogP contribution is -2.39. The molecule has 0 amide bonds. The summed E-state index contributed by atoms with van der Waals surface area (Å²) < 4.78 is 5.48. The Morgan fingerprint density at radius 1 is 0.955 bits per heavy atom. The van der Waals surface area contributed by atoms with Gasteiger partial charge in [0, 0.05) is 5.56 Å². The molecule has 1 saturated carbocycles. The van der Waals surface area contributed by atoms with Crippen molar-refractivity contribution in [3.05, 3.63) is 48.3 Å². The second-order valence-electron chi connectivity index (χ2n) is 6.20. The number of benzene rings is 2. The predicted molar refractivity (Wildman–Crippen MR) is 86.2 cm³/mol. The van der Waals surface area contributed by atoms with Crippen LogP contribution in [0.15, 0.2) is 47.0 Å². The van der Waals surface area contributed by atoms with Crippen molar-refractivity contribution in [1.82, 2.24) is 10.1 Å². The monoisotopic (exact) mass is 293 g/mol. The van der Waals surface area contributed by atoms with Crippen molar-refractivity contribution in [2.24, 2.45) is 5.73 Å². The number of nitrogens with two attached hydrogens (primary N) is 1. The fourth-order valence-electron chi connectivity index (χ4n) is 3.27. The first kappa shape index (κ1) is 13.5. The highest BCUT2D eigenvalue weighted by Crippen LogP contribution is 2.34. The maximum absolute atomic E-state index is 6.48. The highest BCUT2D eigenvalue weighted by atomic mass is 16.5. The Balaban J connectivity index is 1.70. The lowest BCUT2D eigenvalue weighted by molar-refractivity contribution is 0.275. The first-order valence-corrected chi connectivity index (χ1v) is 7.87. The Morgan fingerprint density at radius 3 is 2.55 bits per heavy atom. The van der Waals surface area contributed by atoms with Crippen LogP contribution in [0.5, 0.6) is 0 Å². The van der Waals surface area contributed by atoms with E-state index in [0.717, 1.165) is 31.2 Å². The summed E-state index contributed by atoms with van der Waals surface area (Å²) in [4.78, 5) is 4.58. The summed E-state index contributed by atoms with van der Waals surface area (Å²) in [5.74, 6) is 1.20. The first-order chi connectivity index (χ1) is 10.7. The van der Waals surface area contributed by atoms with Crippen molar-refractivity contribution in [2.75, 3.05) is 0 Å². The molecule has 4 rings (SSSR count). The van der Waals surface area contributed by atoms with Gasteiger partial charge in [-0.2, -0.15) is 4.98 Å². The topological polar surface area (TPSA) is 64.9 Å². The molecule has 22 heavy (non-hydrogen) atoms. The summed E-state index contributed by atoms with van der Waals surface area (Å²) in [6.45, 7) is 0. The molecule has 1 aliphatic rings. The average Bonchev–Trinajstić information content (AvgIpc) is 3.06. The van der Waals surface area contributed by atoms with Crippen molar-refractivity contribution in [2.45, 2.75) is 37.6 Å². The molecule has 1 fully saturated rings. The van der Waals surface area contributed by atoms with E-state index >= 15 is 0 Å². The highest BCUT2D eigenvalue weighted by Gasteiger charge is 2.34. The molecule has 2 N–H and O–H groups in total. The minimum Gasteiger partial charge on any atom is -0.334 e. The van der Waals surface area contributed by atoms with Crippen LogP contribution in [0.25, 0.3) is 22.2 Å². The van der Waals surface area contributed by atoms with E-state index in [0.29, 0.717) is 11.7 Å². The molecule has 0 atom stereocenters. The lowest BCUT2D eigenvalue weighted by Gasteiger charge is -2.29. The van der Waals surface area contributed by atoms with E-state index in [1.54, 1.807) is 0 Å². The average molecular weight is 293 g/mol. The molecular formula is C18H19N3O. The molecule has 1 aromatic heterocycles. The highest BCUT2D eigenvalue weighted by molar-refractivity contribution is 5.86. The first-order valence-electron chi connectivity index (χ1n) is 7.87. The number of fused-ring (bicyclic) bond motifs is 1. The van der Waals surface area contributed by atoms with Gasteiger partial charge in [-0.15, -0.1) is 0 Å². The van der Waals surface area contributed by atoms with Gasteiger partial charge >= 0.3 is 0 Å². The second-order valence-corrected chi connectivity index (χ2v) is 6.20. The van der Waals surface area contributed by atoms with Crippen LogP contribution in [0.3, 0.4) is 0 Å². The maximum atomic E-state index is 6.48. The van der Waals surface area contributed by atoms with Crippen LogP contribution in [0.4, 0.5) is 0 Å². The number of hydrogen-bond donors (Lipinski definition) is 1. The third-order valence-electron chi connectivity index (χ3n) is 4.61. The van der Waals surface area contributed by atoms with Crippen molar-refractivity contribution >= 4 is 10.8 Å². The second kappa shape index (κ2) is 5.21. The molecule has 0 saturated heterocycles. The van der Waals surface area contributed by atoms with Gasteiger partial charge in [-0.3, -0.25) is 0 Å². The normalized spacial score (nSPS) is 17.7. The van der Waals surface area contributed by atoms with Gasteiger partial charge in [0.2, 0.25) is 0 Å². The van der Waals surface area contributed by atoms with Crippen molar-refractivity contribution in [1.29, 1.82) is 0 Å². The smallest absolute Gasteiger partial charge is 0.258 e. The molecule has 4 nitrogen and oxygen atoms in total. The van der Waals surface area contributed by atoms with Crippen molar-refractivity contribution in [3.8, 4) is 11.5 Å². The number of nitrogens with zero attached hydrogens (tertiary/aromatic N) is 2. The van der Waals surface area contributed by atoms with Crippen LogP contribution in [0.1, 0.15) is 37.9 Å². The van der Waals surface area contributed by atoms with E-state index in [1.807, 2.05) is 18.2 Å². The van der Waals surface area contributed by atoms with Crippen LogP contribution in [-0.2, 0) is 5.54 Å². The van der Waals surface area contributed by atoms with Crippen LogP contribution in [0.2, 0.25) is 0 Å². The zero-order valence-electron chi connectivity index (χ0n) is 12.5. The number of rotatable bonds is 2. The predicted octanol–water partition coefficient (Wildman–Crippen LogP) is 4.01. The van der Waals surface area contributed by atoms with E-state index in [9.17, 15) is 0 Å². The molecule has 0 unspecified atom stereocenters. The van der Waals surface area contributed by atoms with E-state index in [2.05, 4.69) is 34.4 Å². The van der Waals surface area contributed by atoms with Gasteiger partial charge in [0.1, 0.15) is 0 Å². The molecular weight excluding hydrogens is 274 g/mol. The standard InChI is InChI=1S/C18H19N3O/c19-18(10-4-1-5-11-18)17-20-16(22-21-17)15-9-8-13-6-2-3-7-14(13)12-15/h2-3,6-9,12H,1,4-5,10-11,19H2. The summed E-state index contributed by atoms with van der Waals surface area (Å²) in [5, 5.41) is 6.53. The van der Waals surface area contributed by atoms with Gasteiger partial charge in [-0.1, -0.05) is 54.8 Å². The minimum atomic E-state index is -0.420. The molecule has 0 bridgehead atoms. The summed E-state index contributed by atoms with van der Waals surface area (Å²) in [6, 6.07) is 14.4. The largest absolute Gasteiger partial charge is 0.334 e. The Kier molecular flexibility index (Phi) is 3.19. The molecule has 1 aliphatic carbocycles. The van der Waals surface area contributed by atoms with Gasteiger partial charge in [0.15, 0.2) is 5.82 Å². The van der Waals surface area contributed by atoms with Crippen LogP contribution >= 0.6 is 0 Å². The Labute approximate surface area is 129 Å². The summed E-state index contributed by atoms with van der Waals surface area (Å²) in [5.41, 5.74) is 7.00. The summed E-state index contributed by atoms with van der Waals surface area (Å²) >= 11 is 0. The van der Waals surface area contributed by atoms with Gasteiger partial charge in [0.25, 0.3) is 5.89 Å². The zero-order chi connectivity index (χ0) is 15.0. The molecule has 0 spiro atoms. The summed E-state index contributed by atoms with van der Waals surface area (Å²) in [7, 11) is 0. The SMILES string of the molecule is NC1(c2noc(-c3ccc4ccccc4c3)n2)CCCCC1. The molecule has 1 heterocycles. The Hall–Kier alpha value is -2.20. The molecule has 0 aliphatic heterocycles. The number of hydrogen-bond acceptors (Lipinski definition) is 4. The van der Waals surface area contributed by atoms with E-state index in [-0.39, 0.29) is 0 Å². The molecule has 3 aromatic rings. The number of aromatic nitrogens is 2. The van der Waals surface area contributed by atoms with Gasteiger partial charge in [0.05, 0.1) is 5.54 Å². The quantitative estimate of drug-likeness (QED) is 0.775. The molecule has 2 aromatic carbocycles. The minimum absolute atomic E-state index is 0.420. The Morgan fingerprint density at radius 2 is 1.73 bits per heavy atom. The Bertz CT molecular complexity index is 803. The van der Waals surface area contributed by atoms with E-state index < -0.39 is 5.54 Å². The maximum Gasteiger partial charge on any atom is 0.258 e. The van der Waals surface area contributed by atoms with Crippen molar-refractivity contribution < 1.29 is 4.52 Å². The lowest BCUT2D eigenvalue weighted by atomic mass is 9.82. The van der Waals surface area contributed by atoms with Crippen LogP contribution < -0.4 is 5.73 Å². The third kappa shape index (κ3) is 2.29. The third-order valence-corrected chi connectivity index (χ3v) is 4.61. The van der Waals surface area contributed by atoms with E-state index in [1.165, 1.54) is 17.2 Å². The zero-order valence-corrected chi connectivity index (χ0v) is 12.5. The van der Waals surface area contributed by atoms with Gasteiger partial charge in [-0.05, 0) is 35.7 Å². The van der Waals surface area contributed by atoms with Crippen LogP contribution in [0, 0.1) is 0 Å². The van der Waals surface area contributed by atoms with Crippen LogP contribution in [-0.4, -0.2) is 10.1 Å². The molecule has 112 valence electrons. The fraction of sp³-hybridized carbons (Fsp3) is 0.333. The van der Waals surface area contributed by atoms with Gasteiger partial charge in [-0.25, -0.2) is 0 Å². The summed E-state index contributed by atoms with van der Waals surface area (Å²) in [6.07, 6.45) is 5.38. The molecule has 4 heteroatoms. The molecule has 0 radical (unpaired) electrons. The van der Waals surface area contributed by atoms with Gasteiger partial charge < -0.3 is 10.3 Å².